The molecule has 2 N–H and O–H groups in total. The Labute approximate surface area is 139 Å². The molecule has 2 aromatic rings. The zero-order chi connectivity index (χ0) is 15.4. The highest BCUT2D eigenvalue weighted by atomic mass is 79.9. The normalized spacial score (nSPS) is 12.1. The zero-order valence-electron chi connectivity index (χ0n) is 11.1. The molecule has 0 spiro atoms. The van der Waals surface area contributed by atoms with Gasteiger partial charge in [-0.1, -0.05) is 50.1 Å². The molecule has 1 atom stereocenters. The summed E-state index contributed by atoms with van der Waals surface area (Å²) < 4.78 is 1.75. The van der Waals surface area contributed by atoms with Crippen molar-refractivity contribution >= 4 is 37.5 Å². The number of nitro groups is 1. The Kier molecular flexibility index (Phi) is 5.50. The molecule has 0 amide bonds. The summed E-state index contributed by atoms with van der Waals surface area (Å²) in [5.41, 5.74) is 8.40. The molecule has 0 saturated heterocycles. The lowest BCUT2D eigenvalue weighted by atomic mass is 10.00. The monoisotopic (exact) mass is 412 g/mol. The fourth-order valence-corrected chi connectivity index (χ4v) is 3.11. The maximum atomic E-state index is 10.7. The summed E-state index contributed by atoms with van der Waals surface area (Å²) in [5, 5.41) is 10.7. The predicted molar refractivity (Wildman–Crippen MR) is 90.3 cm³/mol. The van der Waals surface area contributed by atoms with Crippen LogP contribution in [0.1, 0.15) is 11.1 Å². The second-order valence-corrected chi connectivity index (χ2v) is 6.60. The van der Waals surface area contributed by atoms with Crippen molar-refractivity contribution in [3.63, 3.8) is 0 Å². The summed E-state index contributed by atoms with van der Waals surface area (Å²) in [6.07, 6.45) is 1.41. The van der Waals surface area contributed by atoms with Crippen LogP contribution in [0.3, 0.4) is 0 Å². The first-order valence-electron chi connectivity index (χ1n) is 6.38. The average Bonchev–Trinajstić information content (AvgIpc) is 2.40. The lowest BCUT2D eigenvalue weighted by molar-refractivity contribution is -0.384. The second-order valence-electron chi connectivity index (χ2n) is 4.83. The average molecular weight is 414 g/mol. The number of nitrogens with zero attached hydrogens (tertiary/aromatic N) is 1. The van der Waals surface area contributed by atoms with Gasteiger partial charge in [-0.15, -0.1) is 0 Å². The van der Waals surface area contributed by atoms with E-state index in [0.29, 0.717) is 6.42 Å². The van der Waals surface area contributed by atoms with Crippen LogP contribution < -0.4 is 5.73 Å². The summed E-state index contributed by atoms with van der Waals surface area (Å²) in [5.74, 6) is 0. The summed E-state index contributed by atoms with van der Waals surface area (Å²) in [6, 6.07) is 12.8. The lowest BCUT2D eigenvalue weighted by Gasteiger charge is -2.13. The Morgan fingerprint density at radius 2 is 1.90 bits per heavy atom. The van der Waals surface area contributed by atoms with E-state index < -0.39 is 4.92 Å². The highest BCUT2D eigenvalue weighted by molar-refractivity contribution is 9.10. The smallest absolute Gasteiger partial charge is 0.270 e. The summed E-state index contributed by atoms with van der Waals surface area (Å²) >= 11 is 6.81. The first-order valence-corrected chi connectivity index (χ1v) is 7.97. The van der Waals surface area contributed by atoms with E-state index in [1.165, 1.54) is 12.1 Å². The van der Waals surface area contributed by atoms with Crippen molar-refractivity contribution in [2.24, 2.45) is 5.73 Å². The van der Waals surface area contributed by atoms with Gasteiger partial charge >= 0.3 is 0 Å². The summed E-state index contributed by atoms with van der Waals surface area (Å²) in [7, 11) is 0. The number of benzene rings is 2. The Morgan fingerprint density at radius 1 is 1.14 bits per heavy atom. The van der Waals surface area contributed by atoms with Crippen molar-refractivity contribution in [1.29, 1.82) is 0 Å². The van der Waals surface area contributed by atoms with E-state index in [4.69, 9.17) is 5.73 Å². The molecule has 0 aromatic heterocycles. The molecule has 0 aliphatic rings. The third-order valence-corrected chi connectivity index (χ3v) is 4.35. The highest BCUT2D eigenvalue weighted by Crippen LogP contribution is 2.24. The van der Waals surface area contributed by atoms with Crippen molar-refractivity contribution in [2.75, 3.05) is 0 Å². The molecular formula is C15H14Br2N2O2. The molecule has 0 aliphatic heterocycles. The predicted octanol–water partition coefficient (Wildman–Crippen LogP) is 4.23. The van der Waals surface area contributed by atoms with Gasteiger partial charge in [0.05, 0.1) is 4.92 Å². The first kappa shape index (κ1) is 16.1. The third-order valence-electron chi connectivity index (χ3n) is 3.12. The van der Waals surface area contributed by atoms with E-state index in [9.17, 15) is 10.1 Å². The number of hydrogen-bond acceptors (Lipinski definition) is 3. The van der Waals surface area contributed by atoms with E-state index in [0.717, 1.165) is 26.5 Å². The molecule has 2 rings (SSSR count). The zero-order valence-corrected chi connectivity index (χ0v) is 14.3. The maximum Gasteiger partial charge on any atom is 0.270 e. The van der Waals surface area contributed by atoms with E-state index in [1.54, 1.807) is 6.07 Å². The molecule has 2 aromatic carbocycles. The number of non-ortho nitro benzene ring substituents is 1. The number of rotatable bonds is 5. The van der Waals surface area contributed by atoms with Crippen LogP contribution in [0.15, 0.2) is 51.4 Å². The molecule has 0 saturated carbocycles. The van der Waals surface area contributed by atoms with Gasteiger partial charge in [0, 0.05) is 27.1 Å². The number of nitro benzene ring substituents is 1. The van der Waals surface area contributed by atoms with Gasteiger partial charge in [0.15, 0.2) is 0 Å². The molecule has 0 heterocycles. The van der Waals surface area contributed by atoms with Gasteiger partial charge in [-0.3, -0.25) is 10.1 Å². The second kappa shape index (κ2) is 7.15. The van der Waals surface area contributed by atoms with Gasteiger partial charge in [-0.25, -0.2) is 0 Å². The molecule has 6 heteroatoms. The number of halogens is 2. The lowest BCUT2D eigenvalue weighted by Crippen LogP contribution is -2.25. The molecule has 0 fully saturated rings. The minimum Gasteiger partial charge on any atom is -0.327 e. The SMILES string of the molecule is NC(Cc1cccc(Br)c1)Cc1ccc([N+](=O)[O-])cc1Br. The molecular weight excluding hydrogens is 400 g/mol. The van der Waals surface area contributed by atoms with Crippen molar-refractivity contribution in [1.82, 2.24) is 0 Å². The van der Waals surface area contributed by atoms with Crippen LogP contribution in [0.25, 0.3) is 0 Å². The molecule has 110 valence electrons. The van der Waals surface area contributed by atoms with E-state index in [-0.39, 0.29) is 11.7 Å². The van der Waals surface area contributed by atoms with E-state index in [1.807, 2.05) is 24.3 Å². The van der Waals surface area contributed by atoms with Gasteiger partial charge in [0.2, 0.25) is 0 Å². The Morgan fingerprint density at radius 3 is 2.52 bits per heavy atom. The minimum absolute atomic E-state index is 0.0444. The summed E-state index contributed by atoms with van der Waals surface area (Å²) in [6.45, 7) is 0. The van der Waals surface area contributed by atoms with Crippen molar-refractivity contribution < 1.29 is 4.92 Å². The van der Waals surface area contributed by atoms with E-state index >= 15 is 0 Å². The largest absolute Gasteiger partial charge is 0.327 e. The fraction of sp³-hybridized carbons (Fsp3) is 0.200. The summed E-state index contributed by atoms with van der Waals surface area (Å²) in [4.78, 5) is 10.3. The Balaban J connectivity index is 2.06. The van der Waals surface area contributed by atoms with Gasteiger partial charge in [-0.05, 0) is 36.1 Å². The fourth-order valence-electron chi connectivity index (χ4n) is 2.14. The van der Waals surface area contributed by atoms with Gasteiger partial charge in [0.1, 0.15) is 0 Å². The molecule has 4 nitrogen and oxygen atoms in total. The molecule has 0 bridgehead atoms. The maximum absolute atomic E-state index is 10.7. The van der Waals surface area contributed by atoms with Crippen LogP contribution in [-0.2, 0) is 12.8 Å². The quantitative estimate of drug-likeness (QED) is 0.588. The van der Waals surface area contributed by atoms with Gasteiger partial charge < -0.3 is 5.73 Å². The van der Waals surface area contributed by atoms with Crippen LogP contribution in [-0.4, -0.2) is 11.0 Å². The van der Waals surface area contributed by atoms with Gasteiger partial charge in [-0.2, -0.15) is 0 Å². The third kappa shape index (κ3) is 4.62. The van der Waals surface area contributed by atoms with Crippen molar-refractivity contribution in [2.45, 2.75) is 18.9 Å². The molecule has 0 aliphatic carbocycles. The van der Waals surface area contributed by atoms with Crippen LogP contribution in [0.2, 0.25) is 0 Å². The standard InChI is InChI=1S/C15H14Br2N2O2/c16-12-3-1-2-10(6-12)7-13(18)8-11-4-5-14(19(20)21)9-15(11)17/h1-6,9,13H,7-8,18H2. The topological polar surface area (TPSA) is 69.2 Å². The van der Waals surface area contributed by atoms with Crippen LogP contribution in [0.4, 0.5) is 5.69 Å². The van der Waals surface area contributed by atoms with E-state index in [2.05, 4.69) is 31.9 Å². The Hall–Kier alpha value is -1.24. The van der Waals surface area contributed by atoms with Gasteiger partial charge in [0.25, 0.3) is 5.69 Å². The molecule has 21 heavy (non-hydrogen) atoms. The number of hydrogen-bond donors (Lipinski definition) is 1. The van der Waals surface area contributed by atoms with Crippen molar-refractivity contribution in [3.8, 4) is 0 Å². The van der Waals surface area contributed by atoms with Crippen LogP contribution >= 0.6 is 31.9 Å². The molecule has 1 unspecified atom stereocenters. The van der Waals surface area contributed by atoms with Crippen molar-refractivity contribution in [3.05, 3.63) is 72.7 Å². The Bertz CT molecular complexity index is 662. The minimum atomic E-state index is -0.407. The van der Waals surface area contributed by atoms with Crippen LogP contribution in [0.5, 0.6) is 0 Å². The molecule has 0 radical (unpaired) electrons. The highest BCUT2D eigenvalue weighted by Gasteiger charge is 2.12. The number of nitrogens with two attached hydrogens (primary N) is 1. The van der Waals surface area contributed by atoms with Crippen LogP contribution in [0, 0.1) is 10.1 Å². The first-order chi connectivity index (χ1) is 9.95.